The minimum absolute atomic E-state index is 0.00869. The van der Waals surface area contributed by atoms with Crippen LogP contribution in [0.2, 0.25) is 5.02 Å². The Hall–Kier alpha value is -1.10. The molecule has 0 aliphatic carbocycles. The van der Waals surface area contributed by atoms with E-state index in [-0.39, 0.29) is 18.8 Å². The second-order valence-electron chi connectivity index (χ2n) is 4.48. The molecule has 1 saturated heterocycles. The summed E-state index contributed by atoms with van der Waals surface area (Å²) in [5, 5.41) is 9.80. The Balaban J connectivity index is 2.29. The smallest absolute Gasteiger partial charge is 0.152 e. The topological polar surface area (TPSA) is 49.8 Å². The highest BCUT2D eigenvalue weighted by molar-refractivity contribution is 6.31. The molecule has 1 aliphatic heterocycles. The van der Waals surface area contributed by atoms with Crippen molar-refractivity contribution in [3.05, 3.63) is 28.8 Å². The molecule has 2 unspecified atom stereocenters. The van der Waals surface area contributed by atoms with Crippen LogP contribution in [0.1, 0.15) is 17.3 Å². The second-order valence-corrected chi connectivity index (χ2v) is 4.91. The third kappa shape index (κ3) is 2.83. The van der Waals surface area contributed by atoms with Crippen molar-refractivity contribution in [3.63, 3.8) is 0 Å². The van der Waals surface area contributed by atoms with Gasteiger partial charge in [-0.05, 0) is 25.1 Å². The van der Waals surface area contributed by atoms with E-state index in [9.17, 15) is 9.90 Å². The fourth-order valence-corrected chi connectivity index (χ4v) is 2.40. The van der Waals surface area contributed by atoms with Crippen LogP contribution in [0, 0.1) is 0 Å². The summed E-state index contributed by atoms with van der Waals surface area (Å²) in [7, 11) is 0. The van der Waals surface area contributed by atoms with Crippen molar-refractivity contribution in [2.75, 3.05) is 24.6 Å². The van der Waals surface area contributed by atoms with E-state index in [4.69, 9.17) is 16.3 Å². The highest BCUT2D eigenvalue weighted by Gasteiger charge is 2.26. The highest BCUT2D eigenvalue weighted by atomic mass is 35.5. The lowest BCUT2D eigenvalue weighted by Gasteiger charge is -2.38. The number of morpholine rings is 1. The number of aldehydes is 1. The Bertz CT molecular complexity index is 438. The maximum atomic E-state index is 11.1. The molecule has 1 fully saturated rings. The van der Waals surface area contributed by atoms with Gasteiger partial charge in [-0.15, -0.1) is 0 Å². The van der Waals surface area contributed by atoms with Gasteiger partial charge in [0, 0.05) is 29.4 Å². The van der Waals surface area contributed by atoms with E-state index in [1.165, 1.54) is 0 Å². The van der Waals surface area contributed by atoms with Gasteiger partial charge in [-0.1, -0.05) is 11.6 Å². The number of aliphatic hydroxyl groups is 1. The second kappa shape index (κ2) is 5.69. The van der Waals surface area contributed by atoms with E-state index in [1.807, 2.05) is 11.8 Å². The molecule has 1 aromatic rings. The number of halogens is 1. The van der Waals surface area contributed by atoms with Crippen LogP contribution in [0.15, 0.2) is 18.2 Å². The summed E-state index contributed by atoms with van der Waals surface area (Å²) < 4.78 is 5.58. The Morgan fingerprint density at radius 2 is 2.33 bits per heavy atom. The van der Waals surface area contributed by atoms with Gasteiger partial charge in [-0.25, -0.2) is 0 Å². The molecule has 0 bridgehead atoms. The molecule has 0 radical (unpaired) electrons. The fourth-order valence-electron chi connectivity index (χ4n) is 2.23. The molecular weight excluding hydrogens is 254 g/mol. The molecule has 0 spiro atoms. The van der Waals surface area contributed by atoms with Crippen LogP contribution in [0.3, 0.4) is 0 Å². The zero-order chi connectivity index (χ0) is 13.1. The summed E-state index contributed by atoms with van der Waals surface area (Å²) in [6, 6.07) is 5.18. The minimum atomic E-state index is -0.229. The number of carbonyl (C=O) groups excluding carboxylic acids is 1. The molecule has 1 N–H and O–H groups in total. The molecule has 2 rings (SSSR count). The predicted molar refractivity (Wildman–Crippen MR) is 70.5 cm³/mol. The summed E-state index contributed by atoms with van der Waals surface area (Å²) in [4.78, 5) is 13.1. The standard InChI is InChI=1S/C13H16ClNO3/c1-9-5-15(6-12(8-17)18-9)13-4-11(14)3-2-10(13)7-16/h2-4,7,9,12,17H,5-6,8H2,1H3. The zero-order valence-corrected chi connectivity index (χ0v) is 10.9. The third-order valence-corrected chi connectivity index (χ3v) is 3.23. The number of anilines is 1. The normalized spacial score (nSPS) is 24.1. The first-order valence-electron chi connectivity index (χ1n) is 5.90. The molecule has 5 heteroatoms. The Labute approximate surface area is 111 Å². The largest absolute Gasteiger partial charge is 0.394 e. The lowest BCUT2D eigenvalue weighted by Crippen LogP contribution is -2.48. The van der Waals surface area contributed by atoms with Crippen LogP contribution in [-0.2, 0) is 4.74 Å². The average Bonchev–Trinajstić information content (AvgIpc) is 2.38. The molecule has 0 saturated carbocycles. The lowest BCUT2D eigenvalue weighted by molar-refractivity contribution is -0.0421. The van der Waals surface area contributed by atoms with E-state index in [2.05, 4.69) is 0 Å². The number of hydrogen-bond donors (Lipinski definition) is 1. The molecule has 1 aliphatic rings. The molecule has 4 nitrogen and oxygen atoms in total. The van der Waals surface area contributed by atoms with Gasteiger partial charge in [0.2, 0.25) is 0 Å². The maximum Gasteiger partial charge on any atom is 0.152 e. The Morgan fingerprint density at radius 3 is 3.00 bits per heavy atom. The summed E-state index contributed by atoms with van der Waals surface area (Å²) in [6.45, 7) is 3.15. The summed E-state index contributed by atoms with van der Waals surface area (Å²) in [6.07, 6.45) is 0.598. The molecule has 1 heterocycles. The first-order chi connectivity index (χ1) is 8.63. The zero-order valence-electron chi connectivity index (χ0n) is 10.2. The molecule has 98 valence electrons. The van der Waals surface area contributed by atoms with Crippen LogP contribution in [0.25, 0.3) is 0 Å². The van der Waals surface area contributed by atoms with Crippen molar-refractivity contribution in [2.24, 2.45) is 0 Å². The predicted octanol–water partition coefficient (Wildman–Crippen LogP) is 1.74. The quantitative estimate of drug-likeness (QED) is 0.850. The van der Waals surface area contributed by atoms with Crippen molar-refractivity contribution < 1.29 is 14.6 Å². The number of aliphatic hydroxyl groups excluding tert-OH is 1. The van der Waals surface area contributed by atoms with E-state index in [1.54, 1.807) is 18.2 Å². The van der Waals surface area contributed by atoms with Gasteiger partial charge in [0.05, 0.1) is 18.8 Å². The van der Waals surface area contributed by atoms with Gasteiger partial charge in [0.15, 0.2) is 6.29 Å². The number of nitrogens with zero attached hydrogens (tertiary/aromatic N) is 1. The first-order valence-corrected chi connectivity index (χ1v) is 6.28. The van der Waals surface area contributed by atoms with Gasteiger partial charge in [0.25, 0.3) is 0 Å². The molecule has 0 aromatic heterocycles. The summed E-state index contributed by atoms with van der Waals surface area (Å²) >= 11 is 5.98. The maximum absolute atomic E-state index is 11.1. The van der Waals surface area contributed by atoms with Gasteiger partial charge in [0.1, 0.15) is 0 Å². The lowest BCUT2D eigenvalue weighted by atomic mass is 10.1. The number of rotatable bonds is 3. The van der Waals surface area contributed by atoms with Gasteiger partial charge in [-0.2, -0.15) is 0 Å². The van der Waals surface area contributed by atoms with Crippen molar-refractivity contribution in [2.45, 2.75) is 19.1 Å². The molecule has 1 aromatic carbocycles. The van der Waals surface area contributed by atoms with E-state index in [0.29, 0.717) is 23.7 Å². The Morgan fingerprint density at radius 1 is 1.56 bits per heavy atom. The minimum Gasteiger partial charge on any atom is -0.394 e. The number of hydrogen-bond acceptors (Lipinski definition) is 4. The summed E-state index contributed by atoms with van der Waals surface area (Å²) in [5.41, 5.74) is 1.40. The molecule has 0 amide bonds. The molecular formula is C13H16ClNO3. The van der Waals surface area contributed by atoms with Gasteiger partial charge >= 0.3 is 0 Å². The van der Waals surface area contributed by atoms with Crippen LogP contribution in [-0.4, -0.2) is 43.3 Å². The van der Waals surface area contributed by atoms with Crippen LogP contribution < -0.4 is 4.90 Å². The average molecular weight is 270 g/mol. The highest BCUT2D eigenvalue weighted by Crippen LogP contribution is 2.26. The van der Waals surface area contributed by atoms with E-state index >= 15 is 0 Å². The van der Waals surface area contributed by atoms with Gasteiger partial charge < -0.3 is 14.7 Å². The van der Waals surface area contributed by atoms with E-state index < -0.39 is 0 Å². The van der Waals surface area contributed by atoms with Crippen molar-refractivity contribution in [1.82, 2.24) is 0 Å². The van der Waals surface area contributed by atoms with Crippen LogP contribution >= 0.6 is 11.6 Å². The van der Waals surface area contributed by atoms with E-state index in [0.717, 1.165) is 12.0 Å². The third-order valence-electron chi connectivity index (χ3n) is 2.99. The first kappa shape index (κ1) is 13.3. The fraction of sp³-hybridized carbons (Fsp3) is 0.462. The van der Waals surface area contributed by atoms with Crippen molar-refractivity contribution in [3.8, 4) is 0 Å². The van der Waals surface area contributed by atoms with Crippen LogP contribution in [0.4, 0.5) is 5.69 Å². The number of ether oxygens (including phenoxy) is 1. The summed E-state index contributed by atoms with van der Waals surface area (Å²) in [5.74, 6) is 0. The van der Waals surface area contributed by atoms with Crippen LogP contribution in [0.5, 0.6) is 0 Å². The number of benzene rings is 1. The van der Waals surface area contributed by atoms with Crippen molar-refractivity contribution >= 4 is 23.6 Å². The van der Waals surface area contributed by atoms with Crippen molar-refractivity contribution in [1.29, 1.82) is 0 Å². The number of carbonyl (C=O) groups is 1. The van der Waals surface area contributed by atoms with Gasteiger partial charge in [-0.3, -0.25) is 4.79 Å². The molecule has 2 atom stereocenters. The Kier molecular flexibility index (Phi) is 4.22. The SMILES string of the molecule is CC1CN(c2cc(Cl)ccc2C=O)CC(CO)O1. The monoisotopic (exact) mass is 269 g/mol. The molecule has 18 heavy (non-hydrogen) atoms.